The molecule has 1 aliphatic carbocycles. The van der Waals surface area contributed by atoms with Crippen molar-refractivity contribution in [1.29, 1.82) is 0 Å². The van der Waals surface area contributed by atoms with Crippen LogP contribution in [0.5, 0.6) is 0 Å². The van der Waals surface area contributed by atoms with Crippen LogP contribution in [0.25, 0.3) is 0 Å². The first-order valence-corrected chi connectivity index (χ1v) is 6.20. The van der Waals surface area contributed by atoms with E-state index in [2.05, 4.69) is 18.8 Å². The number of rotatable bonds is 4. The molecule has 0 radical (unpaired) electrons. The minimum atomic E-state index is 0.608. The van der Waals surface area contributed by atoms with Gasteiger partial charge in [0.15, 0.2) is 0 Å². The maximum Gasteiger partial charge on any atom is 0.00757 e. The smallest absolute Gasteiger partial charge is 0.00757 e. The van der Waals surface area contributed by atoms with Gasteiger partial charge in [-0.15, -0.1) is 6.58 Å². The van der Waals surface area contributed by atoms with Crippen molar-refractivity contribution in [3.8, 4) is 0 Å². The number of hydrogen-bond donors (Lipinski definition) is 1. The largest absolute Gasteiger partial charge is 0.311 e. The summed E-state index contributed by atoms with van der Waals surface area (Å²) in [6.45, 7) is 6.05. The molecule has 1 saturated carbocycles. The first kappa shape index (κ1) is 11.8. The Labute approximate surface area is 89.0 Å². The van der Waals surface area contributed by atoms with Crippen LogP contribution in [0.15, 0.2) is 12.7 Å². The summed E-state index contributed by atoms with van der Waals surface area (Å²) < 4.78 is 0. The molecule has 1 heteroatoms. The fraction of sp³-hybridized carbons (Fsp3) is 0.846. The van der Waals surface area contributed by atoms with Gasteiger partial charge in [0, 0.05) is 12.1 Å². The highest BCUT2D eigenvalue weighted by atomic mass is 14.9. The second-order valence-electron chi connectivity index (χ2n) is 4.63. The molecule has 0 spiro atoms. The van der Waals surface area contributed by atoms with Crippen LogP contribution >= 0.6 is 0 Å². The minimum absolute atomic E-state index is 0.608. The maximum absolute atomic E-state index is 3.79. The summed E-state index contributed by atoms with van der Waals surface area (Å²) in [5.74, 6) is 0. The topological polar surface area (TPSA) is 12.0 Å². The fourth-order valence-electron chi connectivity index (χ4n) is 2.34. The van der Waals surface area contributed by atoms with Crippen LogP contribution in [0.4, 0.5) is 0 Å². The van der Waals surface area contributed by atoms with Gasteiger partial charge in [-0.25, -0.2) is 0 Å². The van der Waals surface area contributed by atoms with Crippen LogP contribution < -0.4 is 5.32 Å². The number of nitrogens with one attached hydrogen (secondary N) is 1. The predicted octanol–water partition coefficient (Wildman–Crippen LogP) is 3.65. The molecule has 0 aromatic rings. The third-order valence-electron chi connectivity index (χ3n) is 3.15. The quantitative estimate of drug-likeness (QED) is 0.675. The van der Waals surface area contributed by atoms with E-state index in [0.29, 0.717) is 6.04 Å². The normalized spacial score (nSPS) is 22.4. The van der Waals surface area contributed by atoms with Crippen molar-refractivity contribution in [2.45, 2.75) is 70.4 Å². The van der Waals surface area contributed by atoms with Crippen molar-refractivity contribution in [2.24, 2.45) is 0 Å². The highest BCUT2D eigenvalue weighted by Crippen LogP contribution is 2.17. The molecule has 0 heterocycles. The molecular weight excluding hydrogens is 170 g/mol. The van der Waals surface area contributed by atoms with Gasteiger partial charge in [-0.05, 0) is 26.2 Å². The van der Waals surface area contributed by atoms with E-state index in [4.69, 9.17) is 0 Å². The van der Waals surface area contributed by atoms with Gasteiger partial charge < -0.3 is 5.32 Å². The lowest BCUT2D eigenvalue weighted by Gasteiger charge is -2.24. The molecule has 0 aromatic carbocycles. The molecule has 14 heavy (non-hydrogen) atoms. The van der Waals surface area contributed by atoms with Crippen molar-refractivity contribution in [3.05, 3.63) is 12.7 Å². The van der Waals surface area contributed by atoms with Gasteiger partial charge in [-0.1, -0.05) is 38.2 Å². The van der Waals surface area contributed by atoms with Crippen molar-refractivity contribution in [1.82, 2.24) is 5.32 Å². The standard InChI is InChI=1S/C13H25N/c1-3-9-12(2)14-13-10-7-5-4-6-8-11-13/h3,12-14H,1,4-11H2,2H3. The van der Waals surface area contributed by atoms with E-state index in [-0.39, 0.29) is 0 Å². The zero-order valence-electron chi connectivity index (χ0n) is 9.60. The molecule has 0 saturated heterocycles. The minimum Gasteiger partial charge on any atom is -0.311 e. The fourth-order valence-corrected chi connectivity index (χ4v) is 2.34. The van der Waals surface area contributed by atoms with E-state index >= 15 is 0 Å². The molecule has 1 fully saturated rings. The Hall–Kier alpha value is -0.300. The summed E-state index contributed by atoms with van der Waals surface area (Å²) in [6.07, 6.45) is 13.0. The highest BCUT2D eigenvalue weighted by Gasteiger charge is 2.12. The Morgan fingerprint density at radius 3 is 2.36 bits per heavy atom. The summed E-state index contributed by atoms with van der Waals surface area (Å²) in [4.78, 5) is 0. The van der Waals surface area contributed by atoms with Crippen molar-refractivity contribution < 1.29 is 0 Å². The predicted molar refractivity (Wildman–Crippen MR) is 63.5 cm³/mol. The molecule has 1 atom stereocenters. The average molecular weight is 195 g/mol. The molecule has 0 bridgehead atoms. The molecule has 1 N–H and O–H groups in total. The first-order chi connectivity index (χ1) is 6.83. The zero-order chi connectivity index (χ0) is 10.2. The summed E-state index contributed by atoms with van der Waals surface area (Å²) in [7, 11) is 0. The van der Waals surface area contributed by atoms with E-state index in [9.17, 15) is 0 Å². The lowest BCUT2D eigenvalue weighted by atomic mass is 9.96. The molecule has 0 aromatic heterocycles. The monoisotopic (exact) mass is 195 g/mol. The van der Waals surface area contributed by atoms with E-state index in [1.165, 1.54) is 44.9 Å². The molecule has 1 aliphatic rings. The molecule has 1 unspecified atom stereocenters. The zero-order valence-corrected chi connectivity index (χ0v) is 9.60. The Balaban J connectivity index is 2.22. The van der Waals surface area contributed by atoms with Crippen molar-refractivity contribution in [2.75, 3.05) is 0 Å². The van der Waals surface area contributed by atoms with Crippen molar-refractivity contribution >= 4 is 0 Å². The third-order valence-corrected chi connectivity index (χ3v) is 3.15. The van der Waals surface area contributed by atoms with E-state index in [0.717, 1.165) is 12.5 Å². The molecular formula is C13H25N. The molecule has 82 valence electrons. The van der Waals surface area contributed by atoms with Crippen LogP contribution in [0.3, 0.4) is 0 Å². The summed E-state index contributed by atoms with van der Waals surface area (Å²) in [5.41, 5.74) is 0. The number of hydrogen-bond acceptors (Lipinski definition) is 1. The van der Waals surface area contributed by atoms with Crippen LogP contribution in [0.2, 0.25) is 0 Å². The van der Waals surface area contributed by atoms with Gasteiger partial charge in [0.05, 0.1) is 0 Å². The van der Waals surface area contributed by atoms with E-state index < -0.39 is 0 Å². The van der Waals surface area contributed by atoms with Crippen LogP contribution in [-0.2, 0) is 0 Å². The first-order valence-electron chi connectivity index (χ1n) is 6.20. The molecule has 0 aliphatic heterocycles. The highest BCUT2D eigenvalue weighted by molar-refractivity contribution is 4.79. The van der Waals surface area contributed by atoms with Gasteiger partial charge in [0.2, 0.25) is 0 Å². The van der Waals surface area contributed by atoms with Crippen LogP contribution in [0, 0.1) is 0 Å². The Kier molecular flexibility index (Phi) is 5.93. The Bertz CT molecular complexity index is 145. The summed E-state index contributed by atoms with van der Waals surface area (Å²) >= 11 is 0. The maximum atomic E-state index is 3.79. The second-order valence-corrected chi connectivity index (χ2v) is 4.63. The second kappa shape index (κ2) is 7.05. The SMILES string of the molecule is C=CCC(C)NC1CCCCCCC1. The summed E-state index contributed by atoms with van der Waals surface area (Å²) in [6, 6.07) is 1.38. The Morgan fingerprint density at radius 2 is 1.79 bits per heavy atom. The third kappa shape index (κ3) is 4.80. The summed E-state index contributed by atoms with van der Waals surface area (Å²) in [5, 5.41) is 3.72. The van der Waals surface area contributed by atoms with E-state index in [1.54, 1.807) is 0 Å². The lowest BCUT2D eigenvalue weighted by Crippen LogP contribution is -2.36. The van der Waals surface area contributed by atoms with E-state index in [1.807, 2.05) is 6.08 Å². The van der Waals surface area contributed by atoms with Gasteiger partial charge in [-0.3, -0.25) is 0 Å². The molecule has 1 rings (SSSR count). The van der Waals surface area contributed by atoms with Gasteiger partial charge >= 0.3 is 0 Å². The molecule has 0 amide bonds. The van der Waals surface area contributed by atoms with Gasteiger partial charge in [0.25, 0.3) is 0 Å². The van der Waals surface area contributed by atoms with Crippen LogP contribution in [0.1, 0.15) is 58.3 Å². The van der Waals surface area contributed by atoms with Crippen LogP contribution in [-0.4, -0.2) is 12.1 Å². The van der Waals surface area contributed by atoms with Gasteiger partial charge in [-0.2, -0.15) is 0 Å². The molecule has 1 nitrogen and oxygen atoms in total. The average Bonchev–Trinajstić information content (AvgIpc) is 2.10. The van der Waals surface area contributed by atoms with Crippen molar-refractivity contribution in [3.63, 3.8) is 0 Å². The lowest BCUT2D eigenvalue weighted by molar-refractivity contribution is 0.360. The van der Waals surface area contributed by atoms with Gasteiger partial charge in [0.1, 0.15) is 0 Å². The Morgan fingerprint density at radius 1 is 1.21 bits per heavy atom.